The third-order valence-electron chi connectivity index (χ3n) is 3.57. The van der Waals surface area contributed by atoms with E-state index in [1.807, 2.05) is 0 Å². The van der Waals surface area contributed by atoms with Crippen LogP contribution in [0.2, 0.25) is 0 Å². The molecule has 1 aromatic carbocycles. The van der Waals surface area contributed by atoms with Crippen LogP contribution in [0.4, 0.5) is 0 Å². The average Bonchev–Trinajstić information content (AvgIpc) is 3.03. The molecule has 1 fully saturated rings. The summed E-state index contributed by atoms with van der Waals surface area (Å²) < 4.78 is 0. The molecule has 2 N–H and O–H groups in total. The molecule has 0 radical (unpaired) electrons. The Morgan fingerprint density at radius 1 is 1.27 bits per heavy atom. The van der Waals surface area contributed by atoms with Gasteiger partial charge in [-0.15, -0.1) is 0 Å². The fourth-order valence-electron chi connectivity index (χ4n) is 2.05. The van der Waals surface area contributed by atoms with Crippen molar-refractivity contribution < 1.29 is 0 Å². The van der Waals surface area contributed by atoms with Crippen molar-refractivity contribution >= 4 is 0 Å². The third-order valence-corrected chi connectivity index (χ3v) is 3.57. The SMILES string of the molecule is Cc1ccc(CCC(N)C2CC2)cc1C. The Hall–Kier alpha value is -0.820. The summed E-state index contributed by atoms with van der Waals surface area (Å²) in [6.45, 7) is 4.34. The molecular formula is C14H21N. The van der Waals surface area contributed by atoms with Crippen LogP contribution in [0.5, 0.6) is 0 Å². The van der Waals surface area contributed by atoms with E-state index in [-0.39, 0.29) is 0 Å². The van der Waals surface area contributed by atoms with Gasteiger partial charge in [0.15, 0.2) is 0 Å². The van der Waals surface area contributed by atoms with Crippen molar-refractivity contribution in [1.82, 2.24) is 0 Å². The molecule has 2 rings (SSSR count). The van der Waals surface area contributed by atoms with Crippen molar-refractivity contribution in [2.75, 3.05) is 0 Å². The molecule has 1 atom stereocenters. The summed E-state index contributed by atoms with van der Waals surface area (Å²) in [5.41, 5.74) is 10.3. The second-order valence-electron chi connectivity index (χ2n) is 4.96. The van der Waals surface area contributed by atoms with Gasteiger partial charge in [-0.2, -0.15) is 0 Å². The molecule has 82 valence electrons. The molecule has 0 amide bonds. The molecule has 0 aromatic heterocycles. The normalized spacial score (nSPS) is 17.8. The van der Waals surface area contributed by atoms with E-state index in [2.05, 4.69) is 32.0 Å². The molecule has 1 nitrogen and oxygen atoms in total. The van der Waals surface area contributed by atoms with Gasteiger partial charge in [0.1, 0.15) is 0 Å². The highest BCUT2D eigenvalue weighted by atomic mass is 14.7. The first-order valence-electron chi connectivity index (χ1n) is 5.98. The lowest BCUT2D eigenvalue weighted by Gasteiger charge is -2.10. The van der Waals surface area contributed by atoms with Crippen LogP contribution >= 0.6 is 0 Å². The van der Waals surface area contributed by atoms with Crippen LogP contribution < -0.4 is 5.73 Å². The molecule has 1 heteroatoms. The molecule has 0 bridgehead atoms. The molecular weight excluding hydrogens is 182 g/mol. The Morgan fingerprint density at radius 3 is 2.60 bits per heavy atom. The number of nitrogens with two attached hydrogens (primary N) is 1. The quantitative estimate of drug-likeness (QED) is 0.800. The number of hydrogen-bond acceptors (Lipinski definition) is 1. The Bertz CT molecular complexity index is 339. The van der Waals surface area contributed by atoms with Crippen molar-refractivity contribution in [3.8, 4) is 0 Å². The zero-order valence-corrected chi connectivity index (χ0v) is 9.79. The van der Waals surface area contributed by atoms with E-state index < -0.39 is 0 Å². The number of aryl methyl sites for hydroxylation is 3. The maximum atomic E-state index is 6.09. The summed E-state index contributed by atoms with van der Waals surface area (Å²) in [4.78, 5) is 0. The summed E-state index contributed by atoms with van der Waals surface area (Å²) in [7, 11) is 0. The van der Waals surface area contributed by atoms with Crippen molar-refractivity contribution in [3.63, 3.8) is 0 Å². The average molecular weight is 203 g/mol. The van der Waals surface area contributed by atoms with Gasteiger partial charge in [-0.3, -0.25) is 0 Å². The summed E-state index contributed by atoms with van der Waals surface area (Å²) in [5.74, 6) is 0.830. The lowest BCUT2D eigenvalue weighted by Crippen LogP contribution is -2.22. The maximum Gasteiger partial charge on any atom is 0.00703 e. The van der Waals surface area contributed by atoms with E-state index in [9.17, 15) is 0 Å². The summed E-state index contributed by atoms with van der Waals surface area (Å²) in [5, 5.41) is 0. The Balaban J connectivity index is 1.89. The maximum absolute atomic E-state index is 6.09. The lowest BCUT2D eigenvalue weighted by atomic mass is 9.99. The van der Waals surface area contributed by atoms with E-state index >= 15 is 0 Å². The zero-order chi connectivity index (χ0) is 10.8. The van der Waals surface area contributed by atoms with Crippen LogP contribution in [0.15, 0.2) is 18.2 Å². The second kappa shape index (κ2) is 4.36. The van der Waals surface area contributed by atoms with E-state index in [4.69, 9.17) is 5.73 Å². The largest absolute Gasteiger partial charge is 0.327 e. The van der Waals surface area contributed by atoms with Crippen molar-refractivity contribution in [3.05, 3.63) is 34.9 Å². The highest BCUT2D eigenvalue weighted by molar-refractivity contribution is 5.30. The van der Waals surface area contributed by atoms with Crippen LogP contribution in [0.3, 0.4) is 0 Å². The Kier molecular flexibility index (Phi) is 3.11. The second-order valence-corrected chi connectivity index (χ2v) is 4.96. The Morgan fingerprint density at radius 2 is 2.00 bits per heavy atom. The summed E-state index contributed by atoms with van der Waals surface area (Å²) >= 11 is 0. The van der Waals surface area contributed by atoms with E-state index in [1.54, 1.807) is 0 Å². The minimum atomic E-state index is 0.437. The molecule has 0 aliphatic heterocycles. The molecule has 1 saturated carbocycles. The van der Waals surface area contributed by atoms with Crippen molar-refractivity contribution in [1.29, 1.82) is 0 Å². The highest BCUT2D eigenvalue weighted by Crippen LogP contribution is 2.33. The molecule has 1 aliphatic carbocycles. The van der Waals surface area contributed by atoms with Crippen LogP contribution in [0.25, 0.3) is 0 Å². The van der Waals surface area contributed by atoms with Gasteiger partial charge < -0.3 is 5.73 Å². The van der Waals surface area contributed by atoms with Gasteiger partial charge >= 0.3 is 0 Å². The van der Waals surface area contributed by atoms with E-state index in [0.717, 1.165) is 18.8 Å². The minimum absolute atomic E-state index is 0.437. The van der Waals surface area contributed by atoms with E-state index in [1.165, 1.54) is 29.5 Å². The first-order valence-corrected chi connectivity index (χ1v) is 5.98. The summed E-state index contributed by atoms with van der Waals surface area (Å²) in [6, 6.07) is 7.19. The molecule has 1 unspecified atom stereocenters. The Labute approximate surface area is 92.7 Å². The van der Waals surface area contributed by atoms with Gasteiger partial charge in [-0.05, 0) is 62.1 Å². The molecule has 0 spiro atoms. The zero-order valence-electron chi connectivity index (χ0n) is 9.79. The molecule has 0 saturated heterocycles. The first-order chi connectivity index (χ1) is 7.16. The fraction of sp³-hybridized carbons (Fsp3) is 0.571. The number of benzene rings is 1. The number of hydrogen-bond donors (Lipinski definition) is 1. The molecule has 1 aromatic rings. The fourth-order valence-corrected chi connectivity index (χ4v) is 2.05. The summed E-state index contributed by atoms with van der Waals surface area (Å²) in [6.07, 6.45) is 4.99. The van der Waals surface area contributed by atoms with Crippen LogP contribution in [-0.4, -0.2) is 6.04 Å². The molecule has 1 aliphatic rings. The van der Waals surface area contributed by atoms with Gasteiger partial charge in [-0.1, -0.05) is 18.2 Å². The van der Waals surface area contributed by atoms with Gasteiger partial charge in [-0.25, -0.2) is 0 Å². The van der Waals surface area contributed by atoms with E-state index in [0.29, 0.717) is 6.04 Å². The van der Waals surface area contributed by atoms with Crippen LogP contribution in [0, 0.1) is 19.8 Å². The van der Waals surface area contributed by atoms with Gasteiger partial charge in [0.25, 0.3) is 0 Å². The first kappa shape index (κ1) is 10.7. The van der Waals surface area contributed by atoms with Crippen LogP contribution in [0.1, 0.15) is 36.0 Å². The predicted octanol–water partition coefficient (Wildman–Crippen LogP) is 2.97. The molecule has 0 heterocycles. The van der Waals surface area contributed by atoms with Gasteiger partial charge in [0, 0.05) is 6.04 Å². The third kappa shape index (κ3) is 2.82. The van der Waals surface area contributed by atoms with Gasteiger partial charge in [0.05, 0.1) is 0 Å². The smallest absolute Gasteiger partial charge is 0.00703 e. The standard InChI is InChI=1S/C14H21N/c1-10-3-4-12(9-11(10)2)5-8-14(15)13-6-7-13/h3-4,9,13-14H,5-8,15H2,1-2H3. The minimum Gasteiger partial charge on any atom is -0.327 e. The van der Waals surface area contributed by atoms with Crippen molar-refractivity contribution in [2.45, 2.75) is 45.6 Å². The monoisotopic (exact) mass is 203 g/mol. The topological polar surface area (TPSA) is 26.0 Å². The lowest BCUT2D eigenvalue weighted by molar-refractivity contribution is 0.550. The number of rotatable bonds is 4. The predicted molar refractivity (Wildman–Crippen MR) is 64.9 cm³/mol. The molecule has 15 heavy (non-hydrogen) atoms. The van der Waals surface area contributed by atoms with Gasteiger partial charge in [0.2, 0.25) is 0 Å². The van der Waals surface area contributed by atoms with Crippen LogP contribution in [-0.2, 0) is 6.42 Å². The van der Waals surface area contributed by atoms with Crippen molar-refractivity contribution in [2.24, 2.45) is 11.7 Å². The highest BCUT2D eigenvalue weighted by Gasteiger charge is 2.27.